The van der Waals surface area contributed by atoms with Gasteiger partial charge in [0.15, 0.2) is 17.5 Å². The monoisotopic (exact) mass is 850 g/mol. The normalized spacial score (nSPS) is 11.9. The van der Waals surface area contributed by atoms with Gasteiger partial charge in [0.25, 0.3) is 0 Å². The van der Waals surface area contributed by atoms with E-state index < -0.39 is 0 Å². The van der Waals surface area contributed by atoms with Crippen LogP contribution in [0.5, 0.6) is 0 Å². The molecular weight excluding hydrogens is 813 g/mol. The third-order valence-electron chi connectivity index (χ3n) is 13.8. The molecule has 2 aromatic heterocycles. The van der Waals surface area contributed by atoms with Crippen molar-refractivity contribution < 1.29 is 0 Å². The molecule has 0 bridgehead atoms. The molecule has 0 N–H and O–H groups in total. The summed E-state index contributed by atoms with van der Waals surface area (Å²) in [5, 5.41) is 16.9. The van der Waals surface area contributed by atoms with E-state index in [-0.39, 0.29) is 0 Å². The van der Waals surface area contributed by atoms with E-state index in [1.807, 2.05) is 18.2 Å². The van der Waals surface area contributed by atoms with Crippen LogP contribution in [0.2, 0.25) is 0 Å². The Hall–Kier alpha value is -8.99. The molecule has 67 heavy (non-hydrogen) atoms. The summed E-state index contributed by atoms with van der Waals surface area (Å²) in [6.45, 7) is 0. The highest BCUT2D eigenvalue weighted by Gasteiger charge is 2.20. The van der Waals surface area contributed by atoms with Crippen molar-refractivity contribution in [2.24, 2.45) is 0 Å². The van der Waals surface area contributed by atoms with Gasteiger partial charge in [0.05, 0.1) is 16.7 Å². The molecule has 14 rings (SSSR count). The van der Waals surface area contributed by atoms with Crippen molar-refractivity contribution in [1.82, 2.24) is 19.5 Å². The average molecular weight is 851 g/mol. The Labute approximate surface area is 385 Å². The molecule has 310 valence electrons. The molecule has 0 aliphatic carbocycles. The van der Waals surface area contributed by atoms with Gasteiger partial charge in [-0.15, -0.1) is 0 Å². The molecule has 0 saturated heterocycles. The minimum absolute atomic E-state index is 0.623. The highest BCUT2D eigenvalue weighted by Crippen LogP contribution is 2.43. The first-order valence-electron chi connectivity index (χ1n) is 22.9. The van der Waals surface area contributed by atoms with Gasteiger partial charge in [-0.3, -0.25) is 0 Å². The summed E-state index contributed by atoms with van der Waals surface area (Å²) >= 11 is 0. The predicted molar refractivity (Wildman–Crippen MR) is 281 cm³/mol. The SMILES string of the molecule is c1ccc(-c2ccc3c(c2)c2ccccc2n3-c2cccc3c4ccccc4c4ccc(-c5nc(-c6ccccc6)nc(-c6ccc7c8ccccc8c8ccccc8c7c6)n5)cc4c23)cc1. The van der Waals surface area contributed by atoms with Crippen molar-refractivity contribution in [1.29, 1.82) is 0 Å². The zero-order chi connectivity index (χ0) is 44.0. The van der Waals surface area contributed by atoms with E-state index >= 15 is 0 Å². The third-order valence-corrected chi connectivity index (χ3v) is 13.8. The fourth-order valence-electron chi connectivity index (χ4n) is 10.8. The molecular formula is C63H38N4. The predicted octanol–water partition coefficient (Wildman–Crippen LogP) is 16.6. The van der Waals surface area contributed by atoms with E-state index in [0.717, 1.165) is 33.3 Å². The number of hydrogen-bond donors (Lipinski definition) is 0. The number of benzene rings is 12. The van der Waals surface area contributed by atoms with Crippen LogP contribution in [0, 0.1) is 0 Å². The maximum absolute atomic E-state index is 5.36. The summed E-state index contributed by atoms with van der Waals surface area (Å²) in [6, 6.07) is 83.0. The van der Waals surface area contributed by atoms with Gasteiger partial charge >= 0.3 is 0 Å². The fourth-order valence-corrected chi connectivity index (χ4v) is 10.8. The molecule has 4 heteroatoms. The standard InChI is InChI=1S/C63H38N4/c1-3-16-39(17-4-1)41-32-35-58-55(36-41)52-26-13-14-28-57(52)67(58)59-29-15-27-53-48-24-11-9-23-47(48)51-34-31-43(38-56(51)60(53)59)63-65-61(40-18-5-2-6-19-40)64-62(66-63)42-30-33-50-46-22-8-7-20-44(46)45-21-10-12-25-49(45)54(50)37-42/h1-38H. The van der Waals surface area contributed by atoms with Crippen LogP contribution in [0.25, 0.3) is 137 Å². The van der Waals surface area contributed by atoms with Gasteiger partial charge < -0.3 is 4.57 Å². The molecule has 0 unspecified atom stereocenters. The van der Waals surface area contributed by atoms with Crippen molar-refractivity contribution in [3.8, 4) is 51.0 Å². The highest BCUT2D eigenvalue weighted by atomic mass is 15.0. The molecule has 14 aromatic rings. The van der Waals surface area contributed by atoms with Gasteiger partial charge in [-0.1, -0.05) is 194 Å². The van der Waals surface area contributed by atoms with Crippen LogP contribution < -0.4 is 0 Å². The van der Waals surface area contributed by atoms with Gasteiger partial charge in [-0.05, 0) is 107 Å². The Morgan fingerprint density at radius 2 is 0.627 bits per heavy atom. The van der Waals surface area contributed by atoms with Crippen LogP contribution in [0.1, 0.15) is 0 Å². The largest absolute Gasteiger partial charge is 0.309 e. The first kappa shape index (κ1) is 37.4. The van der Waals surface area contributed by atoms with Crippen molar-refractivity contribution in [2.45, 2.75) is 0 Å². The minimum atomic E-state index is 0.623. The van der Waals surface area contributed by atoms with Gasteiger partial charge in [0.1, 0.15) is 0 Å². The Balaban J connectivity index is 1.02. The van der Waals surface area contributed by atoms with E-state index in [4.69, 9.17) is 15.0 Å². The number of nitrogens with zero attached hydrogens (tertiary/aromatic N) is 4. The lowest BCUT2D eigenvalue weighted by Crippen LogP contribution is -2.00. The molecule has 0 atom stereocenters. The molecule has 2 heterocycles. The second-order valence-electron chi connectivity index (χ2n) is 17.5. The van der Waals surface area contributed by atoms with E-state index in [2.05, 4.69) is 217 Å². The van der Waals surface area contributed by atoms with Crippen LogP contribution in [0.4, 0.5) is 0 Å². The molecule has 0 radical (unpaired) electrons. The van der Waals surface area contributed by atoms with Gasteiger partial charge in [0, 0.05) is 32.8 Å². The highest BCUT2D eigenvalue weighted by molar-refractivity contribution is 6.29. The minimum Gasteiger partial charge on any atom is -0.309 e. The molecule has 4 nitrogen and oxygen atoms in total. The summed E-state index contributed by atoms with van der Waals surface area (Å²) in [7, 11) is 0. The van der Waals surface area contributed by atoms with Gasteiger partial charge in [-0.2, -0.15) is 0 Å². The fraction of sp³-hybridized carbons (Fsp3) is 0. The Morgan fingerprint density at radius 3 is 1.24 bits per heavy atom. The van der Waals surface area contributed by atoms with Crippen LogP contribution >= 0.6 is 0 Å². The summed E-state index contributed by atoms with van der Waals surface area (Å²) in [5.74, 6) is 1.89. The third kappa shape index (κ3) is 5.83. The first-order valence-corrected chi connectivity index (χ1v) is 22.9. The smallest absolute Gasteiger partial charge is 0.164 e. The number of rotatable bonds is 5. The zero-order valence-corrected chi connectivity index (χ0v) is 36.2. The first-order chi connectivity index (χ1) is 33.2. The number of hydrogen-bond acceptors (Lipinski definition) is 3. The summed E-state index contributed by atoms with van der Waals surface area (Å²) in [4.78, 5) is 15.8. The molecule has 0 aliphatic rings. The molecule has 0 fully saturated rings. The number of aromatic nitrogens is 4. The molecule has 0 spiro atoms. The lowest BCUT2D eigenvalue weighted by molar-refractivity contribution is 1.08. The van der Waals surface area contributed by atoms with Crippen molar-refractivity contribution in [3.63, 3.8) is 0 Å². The molecule has 0 aliphatic heterocycles. The molecule has 12 aromatic carbocycles. The second-order valence-corrected chi connectivity index (χ2v) is 17.5. The zero-order valence-electron chi connectivity index (χ0n) is 36.2. The van der Waals surface area contributed by atoms with Crippen LogP contribution in [-0.2, 0) is 0 Å². The lowest BCUT2D eigenvalue weighted by Gasteiger charge is -2.17. The number of fused-ring (bicyclic) bond motifs is 15. The Bertz CT molecular complexity index is 4290. The quantitative estimate of drug-likeness (QED) is 0.162. The topological polar surface area (TPSA) is 43.6 Å². The average Bonchev–Trinajstić information content (AvgIpc) is 3.74. The van der Waals surface area contributed by atoms with Crippen LogP contribution in [0.3, 0.4) is 0 Å². The van der Waals surface area contributed by atoms with Crippen molar-refractivity contribution in [3.05, 3.63) is 231 Å². The summed E-state index contributed by atoms with van der Waals surface area (Å²) in [5.41, 5.74) is 8.66. The lowest BCUT2D eigenvalue weighted by atomic mass is 9.92. The van der Waals surface area contributed by atoms with E-state index in [0.29, 0.717) is 17.5 Å². The van der Waals surface area contributed by atoms with Crippen molar-refractivity contribution >= 4 is 86.4 Å². The maximum atomic E-state index is 5.36. The summed E-state index contributed by atoms with van der Waals surface area (Å²) < 4.78 is 2.46. The van der Waals surface area contributed by atoms with E-state index in [1.165, 1.54) is 86.7 Å². The van der Waals surface area contributed by atoms with Gasteiger partial charge in [-0.25, -0.2) is 15.0 Å². The van der Waals surface area contributed by atoms with Crippen LogP contribution in [-0.4, -0.2) is 19.5 Å². The second kappa shape index (κ2) is 14.8. The Kier molecular flexibility index (Phi) is 8.25. The van der Waals surface area contributed by atoms with E-state index in [1.54, 1.807) is 0 Å². The Morgan fingerprint density at radius 1 is 0.224 bits per heavy atom. The summed E-state index contributed by atoms with van der Waals surface area (Å²) in [6.07, 6.45) is 0. The molecule has 0 saturated carbocycles. The van der Waals surface area contributed by atoms with Crippen molar-refractivity contribution in [2.75, 3.05) is 0 Å². The number of para-hydroxylation sites is 1. The maximum Gasteiger partial charge on any atom is 0.164 e. The van der Waals surface area contributed by atoms with E-state index in [9.17, 15) is 0 Å². The van der Waals surface area contributed by atoms with Crippen LogP contribution in [0.15, 0.2) is 231 Å². The van der Waals surface area contributed by atoms with Gasteiger partial charge in [0.2, 0.25) is 0 Å². The molecule has 0 amide bonds.